The average molecular weight is 449 g/mol. The van der Waals surface area contributed by atoms with Crippen molar-refractivity contribution in [3.63, 3.8) is 0 Å². The summed E-state index contributed by atoms with van der Waals surface area (Å²) in [5.74, 6) is 2.62. The number of ether oxygens (including phenoxy) is 2. The predicted molar refractivity (Wildman–Crippen MR) is 123 cm³/mol. The summed E-state index contributed by atoms with van der Waals surface area (Å²) in [6, 6.07) is 2.15. The molecule has 1 atom stereocenters. The first-order valence-electron chi connectivity index (χ1n) is 11.7. The second kappa shape index (κ2) is 8.35. The fraction of sp³-hybridized carbons (Fsp3) is 0.522. The summed E-state index contributed by atoms with van der Waals surface area (Å²) < 4.78 is 15.8. The maximum Gasteiger partial charge on any atom is 0.182 e. The number of rotatable bonds is 5. The molecule has 2 aliphatic rings. The fourth-order valence-electron chi connectivity index (χ4n) is 4.77. The van der Waals surface area contributed by atoms with E-state index >= 15 is 0 Å². The minimum Gasteiger partial charge on any atom is -0.378 e. The lowest BCUT2D eigenvalue weighted by molar-refractivity contribution is 0.0982. The van der Waals surface area contributed by atoms with Crippen LogP contribution in [0.25, 0.3) is 28.2 Å². The van der Waals surface area contributed by atoms with E-state index < -0.39 is 0 Å². The van der Waals surface area contributed by atoms with Crippen molar-refractivity contribution in [2.75, 3.05) is 37.8 Å². The van der Waals surface area contributed by atoms with Crippen molar-refractivity contribution in [2.45, 2.75) is 45.8 Å². The minimum absolute atomic E-state index is 0.173. The van der Waals surface area contributed by atoms with Gasteiger partial charge < -0.3 is 18.9 Å². The van der Waals surface area contributed by atoms with Crippen LogP contribution < -0.4 is 4.90 Å². The van der Waals surface area contributed by atoms with Crippen LogP contribution in [0.2, 0.25) is 0 Å². The molecular formula is C23H28N8O2. The number of morpholine rings is 1. The molecule has 2 fully saturated rings. The third kappa shape index (κ3) is 3.63. The zero-order chi connectivity index (χ0) is 22.4. The number of aromatic nitrogens is 7. The lowest BCUT2D eigenvalue weighted by Crippen LogP contribution is -2.36. The Morgan fingerprint density at radius 3 is 2.79 bits per heavy atom. The first kappa shape index (κ1) is 20.5. The van der Waals surface area contributed by atoms with Crippen molar-refractivity contribution < 1.29 is 9.47 Å². The SMILES string of the molecule is CCc1nc(-c2nc3cnc(N4CCOCC4)cc3n2C[C@@H]2CCCO2)cn2c(C)nnc12. The van der Waals surface area contributed by atoms with Gasteiger partial charge in [-0.25, -0.2) is 15.0 Å². The van der Waals surface area contributed by atoms with Gasteiger partial charge in [-0.1, -0.05) is 6.92 Å². The van der Waals surface area contributed by atoms with Gasteiger partial charge in [-0.2, -0.15) is 0 Å². The molecule has 10 nitrogen and oxygen atoms in total. The van der Waals surface area contributed by atoms with Gasteiger partial charge in [0.05, 0.1) is 43.3 Å². The molecule has 4 aromatic heterocycles. The summed E-state index contributed by atoms with van der Waals surface area (Å²) in [7, 11) is 0. The third-order valence-electron chi connectivity index (χ3n) is 6.56. The van der Waals surface area contributed by atoms with Gasteiger partial charge in [0.25, 0.3) is 0 Å². The standard InChI is InChI=1S/C23H28N8O2/c1-3-17-23-28-27-15(2)30(23)14-19(25-17)22-26-18-12-24-21(29-6-9-32-10-7-29)11-20(18)31(22)13-16-5-4-8-33-16/h11-12,14,16H,3-10,13H2,1-2H3/t16-/m0/s1. The molecule has 0 aromatic carbocycles. The lowest BCUT2D eigenvalue weighted by atomic mass is 10.2. The van der Waals surface area contributed by atoms with Crippen molar-refractivity contribution in [3.05, 3.63) is 30.0 Å². The van der Waals surface area contributed by atoms with E-state index in [9.17, 15) is 0 Å². The molecule has 0 amide bonds. The van der Waals surface area contributed by atoms with Gasteiger partial charge in [0.2, 0.25) is 0 Å². The van der Waals surface area contributed by atoms with E-state index in [1.807, 2.05) is 23.7 Å². The van der Waals surface area contributed by atoms with E-state index in [0.29, 0.717) is 0 Å². The first-order chi connectivity index (χ1) is 16.2. The summed E-state index contributed by atoms with van der Waals surface area (Å²) in [4.78, 5) is 16.9. The van der Waals surface area contributed by atoms with Crippen molar-refractivity contribution in [1.29, 1.82) is 0 Å². The number of fused-ring (bicyclic) bond motifs is 2. The number of anilines is 1. The van der Waals surface area contributed by atoms with Crippen LogP contribution in [-0.4, -0.2) is 73.1 Å². The van der Waals surface area contributed by atoms with Gasteiger partial charge >= 0.3 is 0 Å². The monoisotopic (exact) mass is 448 g/mol. The summed E-state index contributed by atoms with van der Waals surface area (Å²) in [5.41, 5.74) is 4.44. The van der Waals surface area contributed by atoms with Crippen molar-refractivity contribution >= 4 is 22.5 Å². The molecule has 172 valence electrons. The smallest absolute Gasteiger partial charge is 0.182 e. The average Bonchev–Trinajstić information content (AvgIpc) is 3.59. The quantitative estimate of drug-likeness (QED) is 0.459. The Morgan fingerprint density at radius 2 is 2.00 bits per heavy atom. The first-order valence-corrected chi connectivity index (χ1v) is 11.7. The molecule has 0 radical (unpaired) electrons. The highest BCUT2D eigenvalue weighted by molar-refractivity contribution is 5.82. The van der Waals surface area contributed by atoms with Crippen molar-refractivity contribution in [3.8, 4) is 11.5 Å². The molecule has 4 aromatic rings. The van der Waals surface area contributed by atoms with E-state index in [2.05, 4.69) is 32.7 Å². The molecule has 0 unspecified atom stereocenters. The van der Waals surface area contributed by atoms with E-state index in [4.69, 9.17) is 24.4 Å². The predicted octanol–water partition coefficient (Wildman–Crippen LogP) is 2.42. The van der Waals surface area contributed by atoms with E-state index in [1.54, 1.807) is 0 Å². The van der Waals surface area contributed by atoms with Gasteiger partial charge in [0, 0.05) is 32.0 Å². The fourth-order valence-corrected chi connectivity index (χ4v) is 4.77. The van der Waals surface area contributed by atoms with Crippen LogP contribution in [0.1, 0.15) is 31.3 Å². The maximum absolute atomic E-state index is 6.00. The third-order valence-corrected chi connectivity index (χ3v) is 6.56. The van der Waals surface area contributed by atoms with Crippen LogP contribution in [0, 0.1) is 6.92 Å². The summed E-state index contributed by atoms with van der Waals surface area (Å²) >= 11 is 0. The Labute approximate surface area is 191 Å². The minimum atomic E-state index is 0.173. The Bertz CT molecular complexity index is 1300. The van der Waals surface area contributed by atoms with Crippen molar-refractivity contribution in [2.24, 2.45) is 0 Å². The van der Waals surface area contributed by atoms with Crippen LogP contribution in [0.4, 0.5) is 5.82 Å². The molecular weight excluding hydrogens is 420 g/mol. The zero-order valence-electron chi connectivity index (χ0n) is 19.1. The number of nitrogens with zero attached hydrogens (tertiary/aromatic N) is 8. The molecule has 6 heterocycles. The van der Waals surface area contributed by atoms with Gasteiger partial charge in [0.15, 0.2) is 11.5 Å². The number of pyridine rings is 1. The molecule has 33 heavy (non-hydrogen) atoms. The number of hydrogen-bond donors (Lipinski definition) is 0. The molecule has 10 heteroatoms. The zero-order valence-corrected chi connectivity index (χ0v) is 19.1. The topological polar surface area (TPSA) is 95.5 Å². The number of hydrogen-bond acceptors (Lipinski definition) is 8. The molecule has 2 saturated heterocycles. The number of imidazole rings is 1. The highest BCUT2D eigenvalue weighted by Crippen LogP contribution is 2.29. The molecule has 0 saturated carbocycles. The second-order valence-electron chi connectivity index (χ2n) is 8.68. The highest BCUT2D eigenvalue weighted by atomic mass is 16.5. The van der Waals surface area contributed by atoms with E-state index in [1.165, 1.54) is 0 Å². The molecule has 0 aliphatic carbocycles. The van der Waals surface area contributed by atoms with Gasteiger partial charge in [-0.15, -0.1) is 10.2 Å². The van der Waals surface area contributed by atoms with Gasteiger partial charge in [-0.05, 0) is 26.2 Å². The Hall–Kier alpha value is -3.11. The Kier molecular flexibility index (Phi) is 5.18. The highest BCUT2D eigenvalue weighted by Gasteiger charge is 2.24. The lowest BCUT2D eigenvalue weighted by Gasteiger charge is -2.27. The van der Waals surface area contributed by atoms with E-state index in [0.717, 1.165) is 104 Å². The van der Waals surface area contributed by atoms with Crippen molar-refractivity contribution in [1.82, 2.24) is 34.1 Å². The molecule has 0 spiro atoms. The summed E-state index contributed by atoms with van der Waals surface area (Å²) in [6.45, 7) is 8.73. The summed E-state index contributed by atoms with van der Waals surface area (Å²) in [6.07, 6.45) is 6.96. The Morgan fingerprint density at radius 1 is 1.12 bits per heavy atom. The van der Waals surface area contributed by atoms with Crippen LogP contribution in [0.15, 0.2) is 18.5 Å². The van der Waals surface area contributed by atoms with Gasteiger partial charge in [0.1, 0.15) is 22.9 Å². The molecule has 0 N–H and O–H groups in total. The molecule has 0 bridgehead atoms. The molecule has 6 rings (SSSR count). The van der Waals surface area contributed by atoms with Crippen LogP contribution in [0.3, 0.4) is 0 Å². The maximum atomic E-state index is 6.00. The van der Waals surface area contributed by atoms with E-state index in [-0.39, 0.29) is 6.10 Å². The van der Waals surface area contributed by atoms with Gasteiger partial charge in [-0.3, -0.25) is 4.40 Å². The molecule has 2 aliphatic heterocycles. The number of aryl methyl sites for hydroxylation is 2. The Balaban J connectivity index is 1.51. The van der Waals surface area contributed by atoms with Crippen LogP contribution >= 0.6 is 0 Å². The normalized spacial score (nSPS) is 19.2. The largest absolute Gasteiger partial charge is 0.378 e. The van der Waals surface area contributed by atoms with Crippen LogP contribution in [-0.2, 0) is 22.4 Å². The van der Waals surface area contributed by atoms with Crippen LogP contribution in [0.5, 0.6) is 0 Å². The second-order valence-corrected chi connectivity index (χ2v) is 8.68. The summed E-state index contributed by atoms with van der Waals surface area (Å²) in [5, 5.41) is 8.56.